The molecular weight excluding hydrogens is 174 g/mol. The molecule has 0 saturated heterocycles. The van der Waals surface area contributed by atoms with E-state index in [0.717, 1.165) is 25.7 Å². The van der Waals surface area contributed by atoms with Crippen LogP contribution in [0.25, 0.3) is 0 Å². The summed E-state index contributed by atoms with van der Waals surface area (Å²) in [6, 6.07) is 4.11. The van der Waals surface area contributed by atoms with Gasteiger partial charge in [-0.25, -0.2) is 0 Å². The third-order valence-electron chi connectivity index (χ3n) is 3.05. The van der Waals surface area contributed by atoms with Gasteiger partial charge < -0.3 is 0 Å². The van der Waals surface area contributed by atoms with Crippen LogP contribution in [-0.4, -0.2) is 10.8 Å². The lowest BCUT2D eigenvalue weighted by atomic mass is 9.96. The third-order valence-corrected chi connectivity index (χ3v) is 3.05. The highest BCUT2D eigenvalue weighted by atomic mass is 16.1. The number of aryl methyl sites for hydroxylation is 2. The second-order valence-electron chi connectivity index (χ2n) is 3.99. The Bertz CT molecular complexity index is 319. The van der Waals surface area contributed by atoms with E-state index in [4.69, 9.17) is 0 Å². The SMILES string of the molecule is CC(=O)C1CCc2cccnc2CC1. The van der Waals surface area contributed by atoms with Crippen LogP contribution in [0.5, 0.6) is 0 Å². The first-order chi connectivity index (χ1) is 6.77. The molecule has 1 aromatic heterocycles. The first kappa shape index (κ1) is 9.38. The van der Waals surface area contributed by atoms with E-state index in [0.29, 0.717) is 5.78 Å². The predicted molar refractivity (Wildman–Crippen MR) is 55.1 cm³/mol. The van der Waals surface area contributed by atoms with Gasteiger partial charge >= 0.3 is 0 Å². The number of carbonyl (C=O) groups is 1. The summed E-state index contributed by atoms with van der Waals surface area (Å²) in [5.41, 5.74) is 2.52. The van der Waals surface area contributed by atoms with Gasteiger partial charge in [0.15, 0.2) is 0 Å². The Morgan fingerprint density at radius 3 is 3.00 bits per heavy atom. The highest BCUT2D eigenvalue weighted by molar-refractivity contribution is 5.78. The van der Waals surface area contributed by atoms with Gasteiger partial charge in [0, 0.05) is 17.8 Å². The van der Waals surface area contributed by atoms with Crippen molar-refractivity contribution in [3.8, 4) is 0 Å². The number of Topliss-reactive ketones (excluding diaryl/α,β-unsaturated/α-hetero) is 1. The molecule has 0 N–H and O–H groups in total. The van der Waals surface area contributed by atoms with E-state index >= 15 is 0 Å². The molecule has 74 valence electrons. The number of rotatable bonds is 1. The Labute approximate surface area is 84.4 Å². The van der Waals surface area contributed by atoms with E-state index < -0.39 is 0 Å². The quantitative estimate of drug-likeness (QED) is 0.634. The van der Waals surface area contributed by atoms with E-state index in [-0.39, 0.29) is 5.92 Å². The zero-order chi connectivity index (χ0) is 9.97. The molecule has 0 saturated carbocycles. The van der Waals surface area contributed by atoms with E-state index in [9.17, 15) is 4.79 Å². The van der Waals surface area contributed by atoms with Crippen LogP contribution in [0.2, 0.25) is 0 Å². The average molecular weight is 189 g/mol. The summed E-state index contributed by atoms with van der Waals surface area (Å²) in [4.78, 5) is 15.6. The number of pyridine rings is 1. The Kier molecular flexibility index (Phi) is 2.62. The molecule has 2 nitrogen and oxygen atoms in total. The minimum Gasteiger partial charge on any atom is -0.300 e. The van der Waals surface area contributed by atoms with Crippen LogP contribution in [0.3, 0.4) is 0 Å². The Morgan fingerprint density at radius 1 is 1.43 bits per heavy atom. The van der Waals surface area contributed by atoms with Gasteiger partial charge in [-0.2, -0.15) is 0 Å². The topological polar surface area (TPSA) is 30.0 Å². The van der Waals surface area contributed by atoms with Crippen molar-refractivity contribution in [2.75, 3.05) is 0 Å². The van der Waals surface area contributed by atoms with Gasteiger partial charge in [0.25, 0.3) is 0 Å². The molecule has 1 heterocycles. The van der Waals surface area contributed by atoms with Crippen LogP contribution in [0, 0.1) is 5.92 Å². The number of carbonyl (C=O) groups excluding carboxylic acids is 1. The molecule has 1 atom stereocenters. The fraction of sp³-hybridized carbons (Fsp3) is 0.500. The number of fused-ring (bicyclic) bond motifs is 1. The Hall–Kier alpha value is -1.18. The summed E-state index contributed by atoms with van der Waals surface area (Å²) in [7, 11) is 0. The predicted octanol–water partition coefficient (Wildman–Crippen LogP) is 2.17. The Morgan fingerprint density at radius 2 is 2.21 bits per heavy atom. The molecule has 2 rings (SSSR count). The average Bonchev–Trinajstić information content (AvgIpc) is 2.39. The fourth-order valence-electron chi connectivity index (χ4n) is 2.12. The van der Waals surface area contributed by atoms with Gasteiger partial charge in [0.05, 0.1) is 0 Å². The maximum absolute atomic E-state index is 11.3. The summed E-state index contributed by atoms with van der Waals surface area (Å²) in [6.45, 7) is 1.70. The zero-order valence-electron chi connectivity index (χ0n) is 8.49. The molecule has 0 radical (unpaired) electrons. The van der Waals surface area contributed by atoms with Crippen LogP contribution in [0.15, 0.2) is 18.3 Å². The number of hydrogen-bond acceptors (Lipinski definition) is 2. The third kappa shape index (κ3) is 1.84. The van der Waals surface area contributed by atoms with Crippen LogP contribution >= 0.6 is 0 Å². The maximum atomic E-state index is 11.3. The smallest absolute Gasteiger partial charge is 0.132 e. The maximum Gasteiger partial charge on any atom is 0.132 e. The van der Waals surface area contributed by atoms with E-state index in [1.165, 1.54) is 11.3 Å². The van der Waals surface area contributed by atoms with Crippen molar-refractivity contribution >= 4 is 5.78 Å². The van der Waals surface area contributed by atoms with Gasteiger partial charge in [0.2, 0.25) is 0 Å². The van der Waals surface area contributed by atoms with Crippen molar-refractivity contribution in [1.29, 1.82) is 0 Å². The summed E-state index contributed by atoms with van der Waals surface area (Å²) >= 11 is 0. The second kappa shape index (κ2) is 3.91. The number of aromatic nitrogens is 1. The fourth-order valence-corrected chi connectivity index (χ4v) is 2.12. The van der Waals surface area contributed by atoms with Gasteiger partial charge in [-0.15, -0.1) is 0 Å². The van der Waals surface area contributed by atoms with E-state index in [1.54, 1.807) is 6.92 Å². The van der Waals surface area contributed by atoms with Crippen LogP contribution < -0.4 is 0 Å². The first-order valence-electron chi connectivity index (χ1n) is 5.20. The van der Waals surface area contributed by atoms with Crippen molar-refractivity contribution in [1.82, 2.24) is 4.98 Å². The van der Waals surface area contributed by atoms with Crippen molar-refractivity contribution in [3.05, 3.63) is 29.6 Å². The van der Waals surface area contributed by atoms with Gasteiger partial charge in [-0.1, -0.05) is 6.07 Å². The normalized spacial score (nSPS) is 21.1. The highest BCUT2D eigenvalue weighted by Gasteiger charge is 2.19. The molecule has 0 spiro atoms. The molecule has 1 aliphatic rings. The molecule has 0 amide bonds. The Balaban J connectivity index is 2.18. The molecule has 2 heteroatoms. The summed E-state index contributed by atoms with van der Waals surface area (Å²) in [5, 5.41) is 0. The summed E-state index contributed by atoms with van der Waals surface area (Å²) in [5.74, 6) is 0.585. The molecule has 1 aliphatic carbocycles. The molecule has 0 fully saturated rings. The van der Waals surface area contributed by atoms with Crippen LogP contribution in [-0.2, 0) is 17.6 Å². The van der Waals surface area contributed by atoms with Crippen LogP contribution in [0.4, 0.5) is 0 Å². The number of hydrogen-bond donors (Lipinski definition) is 0. The standard InChI is InChI=1S/C12H15NO/c1-9(14)10-4-5-11-3-2-8-13-12(11)7-6-10/h2-3,8,10H,4-7H2,1H3. The highest BCUT2D eigenvalue weighted by Crippen LogP contribution is 2.23. The molecule has 14 heavy (non-hydrogen) atoms. The first-order valence-corrected chi connectivity index (χ1v) is 5.20. The van der Waals surface area contributed by atoms with Gasteiger partial charge in [-0.3, -0.25) is 9.78 Å². The molecule has 1 aromatic rings. The van der Waals surface area contributed by atoms with Gasteiger partial charge in [0.1, 0.15) is 5.78 Å². The van der Waals surface area contributed by atoms with Crippen molar-refractivity contribution < 1.29 is 4.79 Å². The van der Waals surface area contributed by atoms with Crippen molar-refractivity contribution in [3.63, 3.8) is 0 Å². The molecule has 0 bridgehead atoms. The molecule has 1 unspecified atom stereocenters. The lowest BCUT2D eigenvalue weighted by molar-refractivity contribution is -0.121. The summed E-state index contributed by atoms with van der Waals surface area (Å²) < 4.78 is 0. The van der Waals surface area contributed by atoms with Gasteiger partial charge in [-0.05, 0) is 44.2 Å². The molecular formula is C12H15NO. The monoisotopic (exact) mass is 189 g/mol. The van der Waals surface area contributed by atoms with Crippen LogP contribution in [0.1, 0.15) is 31.0 Å². The largest absolute Gasteiger partial charge is 0.300 e. The lowest BCUT2D eigenvalue weighted by Gasteiger charge is -2.07. The number of nitrogens with zero attached hydrogens (tertiary/aromatic N) is 1. The zero-order valence-corrected chi connectivity index (χ0v) is 8.49. The molecule has 0 aliphatic heterocycles. The minimum atomic E-state index is 0.254. The molecule has 0 aromatic carbocycles. The van der Waals surface area contributed by atoms with E-state index in [1.807, 2.05) is 12.3 Å². The lowest BCUT2D eigenvalue weighted by Crippen LogP contribution is -2.10. The minimum absolute atomic E-state index is 0.254. The van der Waals surface area contributed by atoms with Crippen molar-refractivity contribution in [2.24, 2.45) is 5.92 Å². The summed E-state index contributed by atoms with van der Waals surface area (Å²) in [6.07, 6.45) is 5.77. The van der Waals surface area contributed by atoms with Crippen molar-refractivity contribution in [2.45, 2.75) is 32.6 Å². The van der Waals surface area contributed by atoms with E-state index in [2.05, 4.69) is 11.1 Å². The number of ketones is 1. The second-order valence-corrected chi connectivity index (χ2v) is 3.99.